The van der Waals surface area contributed by atoms with Crippen LogP contribution in [0.5, 0.6) is 0 Å². The van der Waals surface area contributed by atoms with E-state index < -0.39 is 6.04 Å². The summed E-state index contributed by atoms with van der Waals surface area (Å²) in [4.78, 5) is 42.6. The van der Waals surface area contributed by atoms with E-state index in [1.54, 1.807) is 52.3 Å². The molecule has 0 spiro atoms. The molecule has 0 radical (unpaired) electrons. The number of nitrogens with zero attached hydrogens (tertiary/aromatic N) is 2. The van der Waals surface area contributed by atoms with Crippen molar-refractivity contribution in [2.24, 2.45) is 0 Å². The number of benzene rings is 3. The Morgan fingerprint density at radius 3 is 2.43 bits per heavy atom. The third kappa shape index (κ3) is 4.17. The highest BCUT2D eigenvalue weighted by Crippen LogP contribution is 2.33. The summed E-state index contributed by atoms with van der Waals surface area (Å²) in [6, 6.07) is 20.9. The molecule has 2 aliphatic rings. The number of nitrogens with one attached hydrogen (secondary N) is 1. The molecule has 3 N–H and O–H groups in total. The number of nitrogens with two attached hydrogens (primary N) is 1. The van der Waals surface area contributed by atoms with Crippen molar-refractivity contribution in [3.8, 4) is 0 Å². The number of para-hydroxylation sites is 3. The molecular weight excluding hydrogens is 440 g/mol. The highest BCUT2D eigenvalue weighted by Gasteiger charge is 2.41. The van der Waals surface area contributed by atoms with Crippen molar-refractivity contribution in [3.05, 3.63) is 96.1 Å². The number of carbonyl (C=O) groups excluding carboxylic acids is 3. The second-order valence-corrected chi connectivity index (χ2v) is 8.82. The predicted molar refractivity (Wildman–Crippen MR) is 137 cm³/mol. The van der Waals surface area contributed by atoms with Gasteiger partial charge in [-0.2, -0.15) is 0 Å². The number of rotatable bonds is 5. The zero-order valence-electron chi connectivity index (χ0n) is 19.2. The highest BCUT2D eigenvalue weighted by atomic mass is 16.2. The molecule has 5 rings (SSSR count). The molecule has 0 aliphatic carbocycles. The molecule has 2 aliphatic heterocycles. The standard InChI is InChI=1S/C28H26N4O3/c1-18(19-12-14-20(15-13-19)26(33)30-23-9-4-3-8-22(23)29)17-32-24-10-5-2-7-21(24)27(34)31-16-6-11-25(31)28(32)35/h2-5,7-10,12-15,25H,1,6,11,16-17,29H2,(H,30,33)/t25-/m1/s1. The Morgan fingerprint density at radius 2 is 1.66 bits per heavy atom. The summed E-state index contributed by atoms with van der Waals surface area (Å²) in [7, 11) is 0. The number of nitrogen functional groups attached to an aromatic ring is 1. The molecule has 3 amide bonds. The summed E-state index contributed by atoms with van der Waals surface area (Å²) in [6.45, 7) is 5.05. The summed E-state index contributed by atoms with van der Waals surface area (Å²) >= 11 is 0. The minimum atomic E-state index is -0.445. The molecular formula is C28H26N4O3. The van der Waals surface area contributed by atoms with Crippen molar-refractivity contribution in [3.63, 3.8) is 0 Å². The Morgan fingerprint density at radius 1 is 0.971 bits per heavy atom. The fraction of sp³-hybridized carbons (Fsp3) is 0.179. The largest absolute Gasteiger partial charge is 0.397 e. The van der Waals surface area contributed by atoms with Crippen molar-refractivity contribution in [2.45, 2.75) is 18.9 Å². The van der Waals surface area contributed by atoms with Crippen LogP contribution in [0.25, 0.3) is 5.57 Å². The topological polar surface area (TPSA) is 95.7 Å². The van der Waals surface area contributed by atoms with Gasteiger partial charge in [-0.1, -0.05) is 43.0 Å². The maximum atomic E-state index is 13.5. The fourth-order valence-corrected chi connectivity index (χ4v) is 4.72. The van der Waals surface area contributed by atoms with Crippen LogP contribution in [-0.2, 0) is 4.79 Å². The third-order valence-electron chi connectivity index (χ3n) is 6.60. The van der Waals surface area contributed by atoms with Crippen molar-refractivity contribution < 1.29 is 14.4 Å². The second kappa shape index (κ2) is 9.10. The summed E-state index contributed by atoms with van der Waals surface area (Å²) < 4.78 is 0. The summed E-state index contributed by atoms with van der Waals surface area (Å²) in [5.41, 5.74) is 10.1. The van der Waals surface area contributed by atoms with Gasteiger partial charge in [0, 0.05) is 12.1 Å². The van der Waals surface area contributed by atoms with Crippen LogP contribution in [0.4, 0.5) is 17.1 Å². The zero-order chi connectivity index (χ0) is 24.5. The van der Waals surface area contributed by atoms with Crippen molar-refractivity contribution in [1.82, 2.24) is 4.90 Å². The average molecular weight is 467 g/mol. The first-order chi connectivity index (χ1) is 16.9. The molecule has 0 bridgehead atoms. The first-order valence-corrected chi connectivity index (χ1v) is 11.6. The van der Waals surface area contributed by atoms with Crippen LogP contribution in [0, 0.1) is 0 Å². The lowest BCUT2D eigenvalue weighted by Gasteiger charge is -2.26. The van der Waals surface area contributed by atoms with E-state index in [1.807, 2.05) is 30.3 Å². The maximum absolute atomic E-state index is 13.5. The van der Waals surface area contributed by atoms with Gasteiger partial charge in [0.1, 0.15) is 6.04 Å². The van der Waals surface area contributed by atoms with Gasteiger partial charge in [0.15, 0.2) is 0 Å². The molecule has 2 heterocycles. The van der Waals surface area contributed by atoms with E-state index >= 15 is 0 Å². The Kier molecular flexibility index (Phi) is 5.82. The first-order valence-electron chi connectivity index (χ1n) is 11.6. The second-order valence-electron chi connectivity index (χ2n) is 8.82. The molecule has 0 saturated carbocycles. The fourth-order valence-electron chi connectivity index (χ4n) is 4.72. The van der Waals surface area contributed by atoms with E-state index in [9.17, 15) is 14.4 Å². The molecule has 0 aromatic heterocycles. The van der Waals surface area contributed by atoms with Gasteiger partial charge in [-0.25, -0.2) is 0 Å². The summed E-state index contributed by atoms with van der Waals surface area (Å²) in [6.07, 6.45) is 1.48. The summed E-state index contributed by atoms with van der Waals surface area (Å²) in [5, 5.41) is 2.81. The minimum Gasteiger partial charge on any atom is -0.397 e. The van der Waals surface area contributed by atoms with Gasteiger partial charge in [-0.05, 0) is 60.4 Å². The molecule has 1 fully saturated rings. The van der Waals surface area contributed by atoms with Gasteiger partial charge in [0.05, 0.1) is 29.2 Å². The van der Waals surface area contributed by atoms with Crippen LogP contribution in [0.3, 0.4) is 0 Å². The van der Waals surface area contributed by atoms with Gasteiger partial charge in [0.25, 0.3) is 11.8 Å². The van der Waals surface area contributed by atoms with E-state index in [0.717, 1.165) is 12.0 Å². The quantitative estimate of drug-likeness (QED) is 0.551. The number of carbonyl (C=O) groups is 3. The van der Waals surface area contributed by atoms with Gasteiger partial charge < -0.3 is 20.9 Å². The SMILES string of the molecule is C=C(CN1C(=O)[C@H]2CCCN2C(=O)c2ccccc21)c1ccc(C(=O)Nc2ccccc2N)cc1. The molecule has 7 nitrogen and oxygen atoms in total. The number of fused-ring (bicyclic) bond motifs is 2. The van der Waals surface area contributed by atoms with Gasteiger partial charge in [-0.3, -0.25) is 14.4 Å². The predicted octanol–water partition coefficient (Wildman–Crippen LogP) is 4.19. The Bertz CT molecular complexity index is 1330. The zero-order valence-corrected chi connectivity index (χ0v) is 19.2. The highest BCUT2D eigenvalue weighted by molar-refractivity contribution is 6.12. The van der Waals surface area contributed by atoms with Crippen molar-refractivity contribution in [2.75, 3.05) is 29.0 Å². The number of anilines is 3. The van der Waals surface area contributed by atoms with E-state index in [2.05, 4.69) is 11.9 Å². The van der Waals surface area contributed by atoms with E-state index in [0.29, 0.717) is 46.7 Å². The lowest BCUT2D eigenvalue weighted by molar-refractivity contribution is -0.121. The van der Waals surface area contributed by atoms with Crippen LogP contribution >= 0.6 is 0 Å². The molecule has 1 saturated heterocycles. The van der Waals surface area contributed by atoms with E-state index in [-0.39, 0.29) is 24.3 Å². The average Bonchev–Trinajstić information content (AvgIpc) is 3.35. The van der Waals surface area contributed by atoms with Crippen LogP contribution in [0.15, 0.2) is 79.4 Å². The molecule has 176 valence electrons. The Balaban J connectivity index is 1.36. The van der Waals surface area contributed by atoms with E-state index in [1.165, 1.54) is 0 Å². The molecule has 1 atom stereocenters. The number of amides is 3. The van der Waals surface area contributed by atoms with Gasteiger partial charge in [-0.15, -0.1) is 0 Å². The number of hydrogen-bond acceptors (Lipinski definition) is 4. The van der Waals surface area contributed by atoms with Crippen molar-refractivity contribution >= 4 is 40.4 Å². The molecule has 35 heavy (non-hydrogen) atoms. The lowest BCUT2D eigenvalue weighted by Crippen LogP contribution is -2.45. The summed E-state index contributed by atoms with van der Waals surface area (Å²) in [5.74, 6) is -0.450. The van der Waals surface area contributed by atoms with Crippen LogP contribution < -0.4 is 16.0 Å². The molecule has 0 unspecified atom stereocenters. The molecule has 3 aromatic carbocycles. The first kappa shape index (κ1) is 22.4. The van der Waals surface area contributed by atoms with Crippen LogP contribution in [-0.4, -0.2) is 41.8 Å². The van der Waals surface area contributed by atoms with Gasteiger partial charge >= 0.3 is 0 Å². The third-order valence-corrected chi connectivity index (χ3v) is 6.60. The van der Waals surface area contributed by atoms with Crippen LogP contribution in [0.1, 0.15) is 39.1 Å². The maximum Gasteiger partial charge on any atom is 0.256 e. The normalized spacial score (nSPS) is 17.0. The van der Waals surface area contributed by atoms with Gasteiger partial charge in [0.2, 0.25) is 5.91 Å². The lowest BCUT2D eigenvalue weighted by atomic mass is 10.0. The minimum absolute atomic E-state index is 0.0848. The molecule has 7 heteroatoms. The smallest absolute Gasteiger partial charge is 0.256 e. The monoisotopic (exact) mass is 466 g/mol. The number of hydrogen-bond donors (Lipinski definition) is 2. The van der Waals surface area contributed by atoms with Crippen LogP contribution in [0.2, 0.25) is 0 Å². The van der Waals surface area contributed by atoms with Crippen molar-refractivity contribution in [1.29, 1.82) is 0 Å². The molecule has 3 aromatic rings. The van der Waals surface area contributed by atoms with E-state index in [4.69, 9.17) is 5.73 Å². The Hall–Kier alpha value is -4.39. The Labute approximate surface area is 203 Å².